The van der Waals surface area contributed by atoms with Gasteiger partial charge in [-0.2, -0.15) is 0 Å². The zero-order chi connectivity index (χ0) is 11.0. The lowest BCUT2D eigenvalue weighted by Crippen LogP contribution is -2.11. The Kier molecular flexibility index (Phi) is 2.04. The van der Waals surface area contributed by atoms with Crippen molar-refractivity contribution in [3.05, 3.63) is 45.8 Å². The molecular weight excluding hydrogens is 192 g/mol. The number of amidine groups is 1. The number of fused-ring (bicyclic) bond motifs is 1. The first-order valence-corrected chi connectivity index (χ1v) is 4.47. The second kappa shape index (κ2) is 3.24. The smallest absolute Gasteiger partial charge is 0.336 e. The maximum Gasteiger partial charge on any atom is 0.336 e. The van der Waals surface area contributed by atoms with Gasteiger partial charge < -0.3 is 10.2 Å². The highest BCUT2D eigenvalue weighted by atomic mass is 16.4. The molecule has 4 nitrogen and oxygen atoms in total. The van der Waals surface area contributed by atoms with Crippen LogP contribution in [0, 0.1) is 12.3 Å². The minimum absolute atomic E-state index is 0.0407. The fourth-order valence-electron chi connectivity index (χ4n) is 1.49. The third-order valence-corrected chi connectivity index (χ3v) is 2.26. The van der Waals surface area contributed by atoms with Gasteiger partial charge in [-0.05, 0) is 18.6 Å². The molecule has 2 rings (SSSR count). The van der Waals surface area contributed by atoms with Crippen LogP contribution in [-0.4, -0.2) is 5.84 Å². The fourth-order valence-corrected chi connectivity index (χ4v) is 1.49. The van der Waals surface area contributed by atoms with Crippen LogP contribution >= 0.6 is 0 Å². The maximum atomic E-state index is 11.1. The summed E-state index contributed by atoms with van der Waals surface area (Å²) in [5.41, 5.74) is 6.83. The Hall–Kier alpha value is -2.10. The highest BCUT2D eigenvalue weighted by Gasteiger charge is 2.04. The van der Waals surface area contributed by atoms with Crippen LogP contribution in [0.4, 0.5) is 0 Å². The van der Waals surface area contributed by atoms with E-state index in [1.54, 1.807) is 18.2 Å². The van der Waals surface area contributed by atoms with Crippen molar-refractivity contribution >= 4 is 16.8 Å². The zero-order valence-electron chi connectivity index (χ0n) is 8.20. The average Bonchev–Trinajstić information content (AvgIpc) is 2.16. The molecule has 0 radical (unpaired) electrons. The molecule has 3 N–H and O–H groups in total. The number of aryl methyl sites for hydroxylation is 1. The van der Waals surface area contributed by atoms with E-state index in [9.17, 15) is 4.79 Å². The molecule has 0 aliphatic rings. The predicted molar refractivity (Wildman–Crippen MR) is 58.2 cm³/mol. The van der Waals surface area contributed by atoms with Gasteiger partial charge in [0.1, 0.15) is 11.4 Å². The van der Waals surface area contributed by atoms with Crippen molar-refractivity contribution in [1.82, 2.24) is 0 Å². The van der Waals surface area contributed by atoms with Crippen LogP contribution in [0.2, 0.25) is 0 Å². The molecule has 0 spiro atoms. The van der Waals surface area contributed by atoms with Gasteiger partial charge >= 0.3 is 5.63 Å². The number of hydrogen-bond donors (Lipinski definition) is 2. The number of nitrogen functional groups attached to an aromatic ring is 1. The summed E-state index contributed by atoms with van der Waals surface area (Å²) in [5, 5.41) is 8.14. The van der Waals surface area contributed by atoms with Crippen LogP contribution in [0.1, 0.15) is 11.1 Å². The minimum atomic E-state index is -0.388. The molecule has 0 fully saturated rings. The van der Waals surface area contributed by atoms with Gasteiger partial charge in [0.2, 0.25) is 0 Å². The lowest BCUT2D eigenvalue weighted by atomic mass is 10.1. The maximum absolute atomic E-state index is 11.1. The number of nitrogens with two attached hydrogens (primary N) is 1. The van der Waals surface area contributed by atoms with Crippen molar-refractivity contribution in [3.8, 4) is 0 Å². The molecule has 76 valence electrons. The molecule has 0 atom stereocenters. The molecule has 4 heteroatoms. The third kappa shape index (κ3) is 1.61. The first-order valence-electron chi connectivity index (χ1n) is 4.47. The topological polar surface area (TPSA) is 80.1 Å². The summed E-state index contributed by atoms with van der Waals surface area (Å²) in [6.45, 7) is 1.84. The molecule has 1 aromatic heterocycles. The molecule has 2 aromatic rings. The minimum Gasteiger partial charge on any atom is -0.423 e. The number of benzene rings is 1. The Morgan fingerprint density at radius 3 is 2.80 bits per heavy atom. The van der Waals surface area contributed by atoms with Gasteiger partial charge in [-0.3, -0.25) is 5.41 Å². The molecular formula is C11H10N2O2. The fraction of sp³-hybridized carbons (Fsp3) is 0.0909. The molecule has 0 unspecified atom stereocenters. The van der Waals surface area contributed by atoms with Crippen molar-refractivity contribution in [2.24, 2.45) is 5.73 Å². The van der Waals surface area contributed by atoms with Gasteiger partial charge in [-0.25, -0.2) is 4.79 Å². The molecule has 0 amide bonds. The number of hydrogen-bond acceptors (Lipinski definition) is 3. The molecule has 0 bridgehead atoms. The van der Waals surface area contributed by atoms with Crippen LogP contribution < -0.4 is 11.4 Å². The van der Waals surface area contributed by atoms with E-state index in [-0.39, 0.29) is 11.5 Å². The van der Waals surface area contributed by atoms with E-state index in [1.165, 1.54) is 6.07 Å². The number of nitrogens with one attached hydrogen (secondary N) is 1. The second-order valence-electron chi connectivity index (χ2n) is 3.37. The van der Waals surface area contributed by atoms with E-state index >= 15 is 0 Å². The summed E-state index contributed by atoms with van der Waals surface area (Å²) < 4.78 is 5.03. The average molecular weight is 202 g/mol. The lowest BCUT2D eigenvalue weighted by Gasteiger charge is -2.02. The summed E-state index contributed by atoms with van der Waals surface area (Å²) >= 11 is 0. The molecule has 0 aliphatic carbocycles. The van der Waals surface area contributed by atoms with Crippen molar-refractivity contribution in [1.29, 1.82) is 5.41 Å². The molecule has 0 aliphatic heterocycles. The SMILES string of the molecule is Cc1cc(=O)oc2cc(C(=N)N)ccc12. The van der Waals surface area contributed by atoms with E-state index in [1.807, 2.05) is 6.92 Å². The highest BCUT2D eigenvalue weighted by Crippen LogP contribution is 2.17. The van der Waals surface area contributed by atoms with Gasteiger partial charge in [0.05, 0.1) is 0 Å². The van der Waals surface area contributed by atoms with E-state index in [4.69, 9.17) is 15.6 Å². The van der Waals surface area contributed by atoms with E-state index in [0.29, 0.717) is 11.1 Å². The van der Waals surface area contributed by atoms with Crippen LogP contribution in [-0.2, 0) is 0 Å². The van der Waals surface area contributed by atoms with Gasteiger partial charge in [0.15, 0.2) is 0 Å². The highest BCUT2D eigenvalue weighted by molar-refractivity contribution is 5.98. The van der Waals surface area contributed by atoms with Crippen molar-refractivity contribution < 1.29 is 4.42 Å². The van der Waals surface area contributed by atoms with Crippen LogP contribution in [0.15, 0.2) is 33.5 Å². The molecule has 0 saturated carbocycles. The normalized spacial score (nSPS) is 10.5. The molecule has 1 heterocycles. The summed E-state index contributed by atoms with van der Waals surface area (Å²) in [4.78, 5) is 11.1. The summed E-state index contributed by atoms with van der Waals surface area (Å²) in [7, 11) is 0. The summed E-state index contributed by atoms with van der Waals surface area (Å²) in [6.07, 6.45) is 0. The Bertz CT molecular complexity index is 599. The van der Waals surface area contributed by atoms with Gasteiger partial charge in [0.25, 0.3) is 0 Å². The Morgan fingerprint density at radius 2 is 2.13 bits per heavy atom. The Balaban J connectivity index is 2.82. The second-order valence-corrected chi connectivity index (χ2v) is 3.37. The van der Waals surface area contributed by atoms with Gasteiger partial charge in [-0.15, -0.1) is 0 Å². The molecule has 1 aromatic carbocycles. The van der Waals surface area contributed by atoms with Crippen molar-refractivity contribution in [3.63, 3.8) is 0 Å². The van der Waals surface area contributed by atoms with Crippen molar-refractivity contribution in [2.75, 3.05) is 0 Å². The van der Waals surface area contributed by atoms with Crippen LogP contribution in [0.25, 0.3) is 11.0 Å². The summed E-state index contributed by atoms with van der Waals surface area (Å²) in [6, 6.07) is 6.57. The van der Waals surface area contributed by atoms with Crippen molar-refractivity contribution in [2.45, 2.75) is 6.92 Å². The van der Waals surface area contributed by atoms with Gasteiger partial charge in [-0.1, -0.05) is 12.1 Å². The Labute approximate surface area is 85.8 Å². The Morgan fingerprint density at radius 1 is 1.40 bits per heavy atom. The van der Waals surface area contributed by atoms with E-state index in [0.717, 1.165) is 10.9 Å². The van der Waals surface area contributed by atoms with E-state index < -0.39 is 0 Å². The van der Waals surface area contributed by atoms with Crippen LogP contribution in [0.3, 0.4) is 0 Å². The number of rotatable bonds is 1. The lowest BCUT2D eigenvalue weighted by molar-refractivity contribution is 0.560. The zero-order valence-corrected chi connectivity index (χ0v) is 8.20. The summed E-state index contributed by atoms with van der Waals surface area (Å²) in [5.74, 6) is -0.0407. The largest absolute Gasteiger partial charge is 0.423 e. The van der Waals surface area contributed by atoms with E-state index in [2.05, 4.69) is 0 Å². The standard InChI is InChI=1S/C11H10N2O2/c1-6-4-10(14)15-9-5-7(11(12)13)2-3-8(6)9/h2-5H,1H3,(H3,12,13). The first kappa shape index (κ1) is 9.45. The third-order valence-electron chi connectivity index (χ3n) is 2.26. The van der Waals surface area contributed by atoms with Gasteiger partial charge in [0, 0.05) is 17.0 Å². The monoisotopic (exact) mass is 202 g/mol. The molecule has 15 heavy (non-hydrogen) atoms. The molecule has 0 saturated heterocycles. The van der Waals surface area contributed by atoms with Crippen LogP contribution in [0.5, 0.6) is 0 Å². The predicted octanol–water partition coefficient (Wildman–Crippen LogP) is 1.39. The first-order chi connectivity index (χ1) is 7.08. The quantitative estimate of drug-likeness (QED) is 0.416.